The summed E-state index contributed by atoms with van der Waals surface area (Å²) < 4.78 is 6.34. The molecule has 0 saturated heterocycles. The van der Waals surface area contributed by atoms with E-state index in [9.17, 15) is 14.7 Å². The van der Waals surface area contributed by atoms with Crippen molar-refractivity contribution in [3.05, 3.63) is 11.6 Å². The van der Waals surface area contributed by atoms with Crippen molar-refractivity contribution in [1.29, 1.82) is 0 Å². The Morgan fingerprint density at radius 1 is 0.930 bits per heavy atom. The lowest BCUT2D eigenvalue weighted by Gasteiger charge is -2.62. The van der Waals surface area contributed by atoms with Gasteiger partial charge in [-0.3, -0.25) is 9.59 Å². The topological polar surface area (TPSA) is 63.6 Å². The Kier molecular flexibility index (Phi) is 10.9. The van der Waals surface area contributed by atoms with Gasteiger partial charge in [0.25, 0.3) is 0 Å². The molecule has 0 aliphatic heterocycles. The molecule has 7 atom stereocenters. The van der Waals surface area contributed by atoms with Gasteiger partial charge in [0.2, 0.25) is 0 Å². The maximum atomic E-state index is 12.5. The lowest BCUT2D eigenvalue weighted by atomic mass is 9.43. The number of carboxylic acids is 1. The van der Waals surface area contributed by atoms with E-state index in [1.54, 1.807) is 0 Å². The van der Waals surface area contributed by atoms with E-state index in [-0.39, 0.29) is 16.2 Å². The van der Waals surface area contributed by atoms with Gasteiger partial charge in [0.15, 0.2) is 14.1 Å². The normalized spacial score (nSPS) is 36.1. The van der Waals surface area contributed by atoms with Gasteiger partial charge in [0.1, 0.15) is 0 Å². The molecule has 1 N–H and O–H groups in total. The van der Waals surface area contributed by atoms with Crippen LogP contribution in [0.5, 0.6) is 0 Å². The zero-order valence-corrected chi connectivity index (χ0v) is 30.3. The summed E-state index contributed by atoms with van der Waals surface area (Å²) in [6.07, 6.45) is 21.5. The van der Waals surface area contributed by atoms with Gasteiger partial charge in [-0.2, -0.15) is 0 Å². The second-order valence-electron chi connectivity index (χ2n) is 17.7. The fourth-order valence-corrected chi connectivity index (χ4v) is 11.2. The van der Waals surface area contributed by atoms with Crippen LogP contribution in [-0.2, 0) is 14.0 Å². The maximum absolute atomic E-state index is 12.5. The largest absolute Gasteiger partial charge is 0.481 e. The van der Waals surface area contributed by atoms with Gasteiger partial charge >= 0.3 is 5.97 Å². The first-order valence-corrected chi connectivity index (χ1v) is 21.0. The SMILES string of the molecule is CC(C)(C)[Si](C)(C)OCCCCCCCCCC[C@@H]1CC2=CC(=O)CC[C@]2(C)C2CC[C@@]3(C)C(CC[C@]3(C)CC(=O)O)C21. The number of aliphatic carboxylic acids is 1. The van der Waals surface area contributed by atoms with E-state index in [0.717, 1.165) is 32.3 Å². The minimum Gasteiger partial charge on any atom is -0.481 e. The molecule has 5 heteroatoms. The summed E-state index contributed by atoms with van der Waals surface area (Å²) in [6.45, 7) is 19.8. The second kappa shape index (κ2) is 13.4. The smallest absolute Gasteiger partial charge is 0.303 e. The summed E-state index contributed by atoms with van der Waals surface area (Å²) in [7, 11) is -1.61. The third-order valence-corrected chi connectivity index (χ3v) is 18.7. The zero-order valence-electron chi connectivity index (χ0n) is 29.3. The summed E-state index contributed by atoms with van der Waals surface area (Å²) >= 11 is 0. The highest BCUT2D eigenvalue weighted by molar-refractivity contribution is 6.74. The fraction of sp³-hybridized carbons (Fsp3) is 0.895. The van der Waals surface area contributed by atoms with Crippen molar-refractivity contribution in [2.45, 2.75) is 169 Å². The lowest BCUT2D eigenvalue weighted by molar-refractivity contribution is -0.145. The van der Waals surface area contributed by atoms with Crippen LogP contribution in [0.2, 0.25) is 18.1 Å². The molecule has 0 radical (unpaired) electrons. The Morgan fingerprint density at radius 3 is 2.16 bits per heavy atom. The molecule has 0 amide bonds. The molecule has 4 aliphatic rings. The van der Waals surface area contributed by atoms with Crippen LogP contribution in [0.4, 0.5) is 0 Å². The van der Waals surface area contributed by atoms with E-state index in [1.807, 2.05) is 0 Å². The number of unbranched alkanes of at least 4 members (excludes halogenated alkanes) is 7. The van der Waals surface area contributed by atoms with E-state index in [1.165, 1.54) is 76.2 Å². The van der Waals surface area contributed by atoms with Crippen molar-refractivity contribution in [2.24, 2.45) is 39.9 Å². The van der Waals surface area contributed by atoms with E-state index in [0.29, 0.717) is 47.3 Å². The van der Waals surface area contributed by atoms with Crippen molar-refractivity contribution in [3.63, 3.8) is 0 Å². The molecule has 3 unspecified atom stereocenters. The Labute approximate surface area is 265 Å². The molecule has 43 heavy (non-hydrogen) atoms. The predicted octanol–water partition coefficient (Wildman–Crippen LogP) is 10.8. The number of carboxylic acid groups (broad SMARTS) is 1. The summed E-state index contributed by atoms with van der Waals surface area (Å²) in [4.78, 5) is 24.5. The minimum atomic E-state index is -1.61. The lowest BCUT2D eigenvalue weighted by Crippen LogP contribution is -2.55. The van der Waals surface area contributed by atoms with Crippen molar-refractivity contribution in [1.82, 2.24) is 0 Å². The summed E-state index contributed by atoms with van der Waals surface area (Å²) in [5.41, 5.74) is 1.64. The molecule has 4 nitrogen and oxygen atoms in total. The number of rotatable bonds is 14. The Bertz CT molecular complexity index is 1030. The molecule has 0 aromatic carbocycles. The first-order chi connectivity index (χ1) is 20.0. The van der Waals surface area contributed by atoms with Crippen molar-refractivity contribution >= 4 is 20.1 Å². The first kappa shape index (κ1) is 34.9. The highest BCUT2D eigenvalue weighted by Crippen LogP contribution is 2.71. The van der Waals surface area contributed by atoms with Gasteiger partial charge in [-0.15, -0.1) is 0 Å². The molecular formula is C38H66O4Si. The molecule has 3 fully saturated rings. The van der Waals surface area contributed by atoms with Crippen molar-refractivity contribution < 1.29 is 19.1 Å². The van der Waals surface area contributed by atoms with Crippen LogP contribution < -0.4 is 0 Å². The number of hydrogen-bond donors (Lipinski definition) is 1. The quantitative estimate of drug-likeness (QED) is 0.156. The van der Waals surface area contributed by atoms with Gasteiger partial charge < -0.3 is 9.53 Å². The van der Waals surface area contributed by atoms with Gasteiger partial charge in [0.05, 0.1) is 6.42 Å². The van der Waals surface area contributed by atoms with E-state index < -0.39 is 14.3 Å². The van der Waals surface area contributed by atoms with E-state index in [2.05, 4.69) is 60.7 Å². The molecule has 0 aromatic rings. The first-order valence-electron chi connectivity index (χ1n) is 18.1. The molecule has 4 rings (SSSR count). The van der Waals surface area contributed by atoms with Crippen LogP contribution in [0.3, 0.4) is 0 Å². The van der Waals surface area contributed by atoms with Gasteiger partial charge in [-0.25, -0.2) is 0 Å². The average molecular weight is 615 g/mol. The van der Waals surface area contributed by atoms with E-state index in [4.69, 9.17) is 4.43 Å². The van der Waals surface area contributed by atoms with Crippen molar-refractivity contribution in [2.75, 3.05) is 6.61 Å². The van der Waals surface area contributed by atoms with Gasteiger partial charge in [-0.1, -0.05) is 92.1 Å². The highest BCUT2D eigenvalue weighted by atomic mass is 28.4. The van der Waals surface area contributed by atoms with Gasteiger partial charge in [-0.05, 0) is 115 Å². The van der Waals surface area contributed by atoms with Gasteiger partial charge in [0, 0.05) is 13.0 Å². The summed E-state index contributed by atoms with van der Waals surface area (Å²) in [6, 6.07) is 0. The third kappa shape index (κ3) is 7.23. The van der Waals surface area contributed by atoms with Crippen LogP contribution in [0.1, 0.15) is 151 Å². The number of allylic oxidation sites excluding steroid dienone is 1. The number of hydrogen-bond acceptors (Lipinski definition) is 3. The Hall–Kier alpha value is -0.943. The summed E-state index contributed by atoms with van der Waals surface area (Å²) in [5, 5.41) is 10.1. The van der Waals surface area contributed by atoms with Crippen molar-refractivity contribution in [3.8, 4) is 0 Å². The van der Waals surface area contributed by atoms with Crippen LogP contribution in [0.25, 0.3) is 0 Å². The molecule has 0 spiro atoms. The van der Waals surface area contributed by atoms with Crippen LogP contribution in [0, 0.1) is 39.9 Å². The zero-order chi connectivity index (χ0) is 31.7. The number of fused-ring (bicyclic) bond motifs is 5. The molecular weight excluding hydrogens is 549 g/mol. The highest BCUT2D eigenvalue weighted by Gasteiger charge is 2.64. The number of carbonyl (C=O) groups excluding carboxylic acids is 1. The van der Waals surface area contributed by atoms with Crippen LogP contribution in [-0.4, -0.2) is 31.8 Å². The standard InChI is InChI=1S/C38H66O4Si/c1-35(2,3)43(7,8)42-24-16-14-12-10-9-11-13-15-17-28-25-29-26-30(39)18-22-37(29,5)31-20-23-38(6)32(34(28)31)19-21-36(38,4)27-33(40)41/h26,28,31-32,34H,9-25,27H2,1-8H3,(H,40,41)/t28-,31?,32?,34?,36-,37+,38+/m1/s1. The Balaban J connectivity index is 1.29. The fourth-order valence-electron chi connectivity index (χ4n) is 10.1. The Morgan fingerprint density at radius 2 is 1.53 bits per heavy atom. The molecule has 0 bridgehead atoms. The molecule has 4 aliphatic carbocycles. The number of carbonyl (C=O) groups is 2. The molecule has 3 saturated carbocycles. The second-order valence-corrected chi connectivity index (χ2v) is 22.5. The van der Waals surface area contributed by atoms with Crippen LogP contribution in [0.15, 0.2) is 11.6 Å². The molecule has 246 valence electrons. The molecule has 0 heterocycles. The summed E-state index contributed by atoms with van der Waals surface area (Å²) in [5.74, 6) is 2.31. The maximum Gasteiger partial charge on any atom is 0.303 e. The monoisotopic (exact) mass is 614 g/mol. The van der Waals surface area contributed by atoms with Crippen LogP contribution >= 0.6 is 0 Å². The minimum absolute atomic E-state index is 0.102. The average Bonchev–Trinajstić information content (AvgIpc) is 3.16. The third-order valence-electron chi connectivity index (χ3n) is 14.2. The predicted molar refractivity (Wildman–Crippen MR) is 181 cm³/mol. The number of ketones is 1. The van der Waals surface area contributed by atoms with E-state index >= 15 is 0 Å². The molecule has 0 aromatic heterocycles.